The van der Waals surface area contributed by atoms with Crippen LogP contribution in [0, 0.1) is 5.92 Å². The molecule has 0 aliphatic carbocycles. The second kappa shape index (κ2) is 12.4. The van der Waals surface area contributed by atoms with E-state index in [-0.39, 0.29) is 43.9 Å². The Balaban J connectivity index is 1.49. The molecule has 194 valence electrons. The number of thiophene rings is 1. The maximum atomic E-state index is 13.5. The minimum Gasteiger partial charge on any atom is -0.481 e. The van der Waals surface area contributed by atoms with Crippen molar-refractivity contribution in [2.75, 3.05) is 19.6 Å². The topological polar surface area (TPSA) is 90.0 Å². The number of carboxylic acids is 1. The van der Waals surface area contributed by atoms with Crippen molar-refractivity contribution in [1.82, 2.24) is 15.1 Å². The summed E-state index contributed by atoms with van der Waals surface area (Å²) in [4.78, 5) is 42.3. The van der Waals surface area contributed by atoms with Crippen molar-refractivity contribution < 1.29 is 19.5 Å². The van der Waals surface area contributed by atoms with Gasteiger partial charge in [-0.2, -0.15) is 0 Å². The van der Waals surface area contributed by atoms with Gasteiger partial charge in [0, 0.05) is 59.1 Å². The zero-order chi connectivity index (χ0) is 26.4. The zero-order valence-corrected chi connectivity index (χ0v) is 22.4. The number of nitrogens with one attached hydrogen (secondary N) is 1. The average Bonchev–Trinajstić information content (AvgIpc) is 3.37. The van der Waals surface area contributed by atoms with E-state index < -0.39 is 5.97 Å². The first-order valence-electron chi connectivity index (χ1n) is 11.9. The molecule has 1 aromatic heterocycles. The molecule has 1 fully saturated rings. The molecule has 1 aliphatic rings. The summed E-state index contributed by atoms with van der Waals surface area (Å²) in [6.45, 7) is 1.50. The number of carbonyl (C=O) groups is 3. The summed E-state index contributed by atoms with van der Waals surface area (Å²) in [5, 5.41) is 15.3. The lowest BCUT2D eigenvalue weighted by atomic mass is 9.99. The fourth-order valence-corrected chi connectivity index (χ4v) is 5.65. The lowest BCUT2D eigenvalue weighted by molar-refractivity contribution is -0.138. The van der Waals surface area contributed by atoms with E-state index in [0.717, 1.165) is 12.0 Å². The van der Waals surface area contributed by atoms with Gasteiger partial charge in [-0.1, -0.05) is 53.5 Å². The Labute approximate surface area is 229 Å². The number of hydrogen-bond donors (Lipinski definition) is 2. The van der Waals surface area contributed by atoms with Crippen LogP contribution in [-0.2, 0) is 24.3 Å². The van der Waals surface area contributed by atoms with Crippen molar-refractivity contribution in [1.29, 1.82) is 0 Å². The predicted octanol–water partition coefficient (Wildman–Crippen LogP) is 5.56. The Morgan fingerprint density at radius 1 is 1.00 bits per heavy atom. The zero-order valence-electron chi connectivity index (χ0n) is 20.0. The minimum absolute atomic E-state index is 0.0700. The molecule has 1 saturated heterocycles. The third-order valence-corrected chi connectivity index (χ3v) is 7.72. The van der Waals surface area contributed by atoms with Gasteiger partial charge in [0.05, 0.1) is 6.42 Å². The number of rotatable bonds is 10. The van der Waals surface area contributed by atoms with Crippen molar-refractivity contribution in [2.45, 2.75) is 25.9 Å². The molecule has 0 saturated carbocycles. The molecule has 3 amide bonds. The highest BCUT2D eigenvalue weighted by atomic mass is 35.5. The lowest BCUT2D eigenvalue weighted by Crippen LogP contribution is -2.53. The summed E-state index contributed by atoms with van der Waals surface area (Å²) in [6.07, 6.45) is 0.675. The van der Waals surface area contributed by atoms with Gasteiger partial charge in [0.25, 0.3) is 5.91 Å². The Kier molecular flexibility index (Phi) is 9.08. The van der Waals surface area contributed by atoms with E-state index in [1.807, 2.05) is 29.6 Å². The number of halogens is 2. The van der Waals surface area contributed by atoms with Crippen LogP contribution >= 0.6 is 34.5 Å². The van der Waals surface area contributed by atoms with Crippen molar-refractivity contribution in [3.63, 3.8) is 0 Å². The molecule has 1 aliphatic heterocycles. The van der Waals surface area contributed by atoms with Crippen LogP contribution in [0.2, 0.25) is 10.0 Å². The molecule has 37 heavy (non-hydrogen) atoms. The van der Waals surface area contributed by atoms with Gasteiger partial charge < -0.3 is 20.2 Å². The Hall–Kier alpha value is -3.07. The molecular weight excluding hydrogens is 533 g/mol. The summed E-state index contributed by atoms with van der Waals surface area (Å²) in [6, 6.07) is 16.0. The van der Waals surface area contributed by atoms with Crippen LogP contribution in [0.25, 0.3) is 0 Å². The molecule has 1 atom stereocenters. The first kappa shape index (κ1) is 27.0. The van der Waals surface area contributed by atoms with E-state index in [1.165, 1.54) is 4.88 Å². The molecule has 2 aromatic carbocycles. The van der Waals surface area contributed by atoms with E-state index in [0.29, 0.717) is 34.3 Å². The molecule has 10 heteroatoms. The van der Waals surface area contributed by atoms with Gasteiger partial charge in [-0.3, -0.25) is 9.59 Å². The number of amides is 3. The number of carbonyl (C=O) groups excluding carboxylic acids is 2. The normalized spacial score (nSPS) is 15.6. The standard InChI is InChI=1S/C27H27Cl2N3O4S/c28-21-8-7-20(24(29)13-21)17-32-15-18(12-25(33)34)14-31(27(32)36)16-19-4-1-2-6-23(19)26(35)30-10-9-22-5-3-11-37-22/h1-8,11,13,18H,9-10,12,14-17H2,(H,30,35)(H,33,34). The van der Waals surface area contributed by atoms with Gasteiger partial charge in [-0.05, 0) is 47.2 Å². The van der Waals surface area contributed by atoms with Gasteiger partial charge >= 0.3 is 12.0 Å². The molecule has 7 nitrogen and oxygen atoms in total. The molecule has 3 aromatic rings. The highest BCUT2D eigenvalue weighted by Gasteiger charge is 2.33. The summed E-state index contributed by atoms with van der Waals surface area (Å²) in [7, 11) is 0. The van der Waals surface area contributed by atoms with E-state index >= 15 is 0 Å². The molecule has 2 N–H and O–H groups in total. The molecule has 0 radical (unpaired) electrons. The van der Waals surface area contributed by atoms with Crippen molar-refractivity contribution >= 4 is 52.4 Å². The monoisotopic (exact) mass is 559 g/mol. The molecule has 2 heterocycles. The van der Waals surface area contributed by atoms with Gasteiger partial charge in [-0.15, -0.1) is 11.3 Å². The van der Waals surface area contributed by atoms with Crippen LogP contribution in [0.3, 0.4) is 0 Å². The first-order valence-corrected chi connectivity index (χ1v) is 13.5. The fraction of sp³-hybridized carbons (Fsp3) is 0.296. The van der Waals surface area contributed by atoms with Crippen LogP contribution in [0.5, 0.6) is 0 Å². The van der Waals surface area contributed by atoms with Gasteiger partial charge in [0.2, 0.25) is 0 Å². The number of hydrogen-bond acceptors (Lipinski definition) is 4. The highest BCUT2D eigenvalue weighted by Crippen LogP contribution is 2.27. The molecular formula is C27H27Cl2N3O4S. The van der Waals surface area contributed by atoms with Gasteiger partial charge in [0.1, 0.15) is 0 Å². The summed E-state index contributed by atoms with van der Waals surface area (Å²) < 4.78 is 0. The molecule has 0 spiro atoms. The summed E-state index contributed by atoms with van der Waals surface area (Å²) >= 11 is 14.0. The molecule has 1 unspecified atom stereocenters. The lowest BCUT2D eigenvalue weighted by Gasteiger charge is -2.40. The van der Waals surface area contributed by atoms with Crippen molar-refractivity contribution in [3.8, 4) is 0 Å². The number of urea groups is 1. The quantitative estimate of drug-likeness (QED) is 0.340. The van der Waals surface area contributed by atoms with Crippen LogP contribution in [0.4, 0.5) is 4.79 Å². The van der Waals surface area contributed by atoms with E-state index in [9.17, 15) is 19.5 Å². The Morgan fingerprint density at radius 3 is 2.41 bits per heavy atom. The minimum atomic E-state index is -0.922. The Morgan fingerprint density at radius 2 is 1.73 bits per heavy atom. The van der Waals surface area contributed by atoms with E-state index in [4.69, 9.17) is 23.2 Å². The fourth-order valence-electron chi connectivity index (χ4n) is 4.47. The smallest absolute Gasteiger partial charge is 0.320 e. The number of carboxylic acid groups (broad SMARTS) is 1. The average molecular weight is 561 g/mol. The molecule has 0 bridgehead atoms. The van der Waals surface area contributed by atoms with Crippen LogP contribution < -0.4 is 5.32 Å². The van der Waals surface area contributed by atoms with E-state index in [1.54, 1.807) is 51.5 Å². The number of nitrogens with zero attached hydrogens (tertiary/aromatic N) is 2. The third-order valence-electron chi connectivity index (χ3n) is 6.20. The SMILES string of the molecule is O=C(O)CC1CN(Cc2ccc(Cl)cc2Cl)C(=O)N(Cc2ccccc2C(=O)NCCc2cccs2)C1. The highest BCUT2D eigenvalue weighted by molar-refractivity contribution is 7.09. The summed E-state index contributed by atoms with van der Waals surface area (Å²) in [5.41, 5.74) is 1.92. The third kappa shape index (κ3) is 7.25. The predicted molar refractivity (Wildman–Crippen MR) is 145 cm³/mol. The second-order valence-corrected chi connectivity index (χ2v) is 10.9. The number of benzene rings is 2. The second-order valence-electron chi connectivity index (χ2n) is 8.99. The van der Waals surface area contributed by atoms with Crippen LogP contribution in [0.1, 0.15) is 32.8 Å². The van der Waals surface area contributed by atoms with Gasteiger partial charge in [-0.25, -0.2) is 4.79 Å². The maximum Gasteiger partial charge on any atom is 0.320 e. The van der Waals surface area contributed by atoms with Crippen LogP contribution in [0.15, 0.2) is 60.0 Å². The van der Waals surface area contributed by atoms with Crippen LogP contribution in [-0.4, -0.2) is 52.4 Å². The van der Waals surface area contributed by atoms with Crippen molar-refractivity contribution in [3.05, 3.63) is 91.6 Å². The molecule has 4 rings (SSSR count). The summed E-state index contributed by atoms with van der Waals surface area (Å²) in [5.74, 6) is -1.40. The Bertz CT molecular complexity index is 1270. The largest absolute Gasteiger partial charge is 0.481 e. The van der Waals surface area contributed by atoms with Gasteiger partial charge in [0.15, 0.2) is 0 Å². The van der Waals surface area contributed by atoms with E-state index in [2.05, 4.69) is 5.32 Å². The maximum absolute atomic E-state index is 13.5. The van der Waals surface area contributed by atoms with Crippen molar-refractivity contribution in [2.24, 2.45) is 5.92 Å². The first-order chi connectivity index (χ1) is 17.8. The number of aliphatic carboxylic acids is 1.